The van der Waals surface area contributed by atoms with E-state index in [-0.39, 0.29) is 0 Å². The van der Waals surface area contributed by atoms with Crippen molar-refractivity contribution in [3.05, 3.63) is 23.8 Å². The average molecular weight is 250 g/mol. The lowest BCUT2D eigenvalue weighted by molar-refractivity contribution is 0.113. The minimum Gasteiger partial charge on any atom is -0.497 e. The lowest BCUT2D eigenvalue weighted by Gasteiger charge is -2.38. The second-order valence-corrected chi connectivity index (χ2v) is 4.87. The lowest BCUT2D eigenvalue weighted by atomic mass is 10.0. The predicted molar refractivity (Wildman–Crippen MR) is 72.4 cm³/mol. The van der Waals surface area contributed by atoms with Crippen LogP contribution in [-0.4, -0.2) is 57.7 Å². The Balaban J connectivity index is 2.30. The molecule has 100 valence electrons. The van der Waals surface area contributed by atoms with Gasteiger partial charge in [-0.2, -0.15) is 0 Å². The van der Waals surface area contributed by atoms with Crippen LogP contribution in [0.15, 0.2) is 18.2 Å². The normalized spacial score (nSPS) is 21.9. The first-order chi connectivity index (χ1) is 8.65. The zero-order chi connectivity index (χ0) is 13.1. The number of ether oxygens (including phenoxy) is 2. The van der Waals surface area contributed by atoms with Crippen LogP contribution in [0.3, 0.4) is 0 Å². The summed E-state index contributed by atoms with van der Waals surface area (Å²) in [5.41, 5.74) is 1.23. The Morgan fingerprint density at radius 3 is 2.56 bits per heavy atom. The van der Waals surface area contributed by atoms with Gasteiger partial charge in [-0.05, 0) is 20.2 Å². The van der Waals surface area contributed by atoms with Gasteiger partial charge in [-0.3, -0.25) is 4.90 Å². The van der Waals surface area contributed by atoms with Crippen LogP contribution in [0.2, 0.25) is 0 Å². The van der Waals surface area contributed by atoms with Gasteiger partial charge >= 0.3 is 0 Å². The van der Waals surface area contributed by atoms with Gasteiger partial charge in [0.1, 0.15) is 11.5 Å². The van der Waals surface area contributed by atoms with Gasteiger partial charge in [-0.25, -0.2) is 0 Å². The minimum atomic E-state index is 0.379. The molecule has 0 radical (unpaired) electrons. The Morgan fingerprint density at radius 1 is 1.11 bits per heavy atom. The summed E-state index contributed by atoms with van der Waals surface area (Å²) in [4.78, 5) is 4.73. The van der Waals surface area contributed by atoms with Crippen LogP contribution in [-0.2, 0) is 0 Å². The summed E-state index contributed by atoms with van der Waals surface area (Å²) in [6.45, 7) is 3.22. The van der Waals surface area contributed by atoms with Crippen molar-refractivity contribution in [3.63, 3.8) is 0 Å². The second kappa shape index (κ2) is 5.59. The number of rotatable bonds is 3. The Bertz CT molecular complexity index is 409. The van der Waals surface area contributed by atoms with Crippen molar-refractivity contribution in [1.29, 1.82) is 0 Å². The van der Waals surface area contributed by atoms with Gasteiger partial charge in [-0.1, -0.05) is 6.07 Å². The largest absolute Gasteiger partial charge is 0.497 e. The number of piperazine rings is 1. The predicted octanol–water partition coefficient (Wildman–Crippen LogP) is 1.62. The SMILES string of the molecule is COc1ccc(C2CN(C)CCN2C)c(OC)c1. The van der Waals surface area contributed by atoms with Crippen LogP contribution in [0.25, 0.3) is 0 Å². The molecule has 1 aliphatic heterocycles. The highest BCUT2D eigenvalue weighted by Crippen LogP contribution is 2.33. The van der Waals surface area contributed by atoms with Crippen LogP contribution < -0.4 is 9.47 Å². The molecule has 1 atom stereocenters. The molecule has 0 amide bonds. The maximum atomic E-state index is 5.50. The van der Waals surface area contributed by atoms with E-state index in [0.29, 0.717) is 6.04 Å². The summed E-state index contributed by atoms with van der Waals surface area (Å²) in [6, 6.07) is 6.44. The topological polar surface area (TPSA) is 24.9 Å². The number of likely N-dealkylation sites (N-methyl/N-ethyl adjacent to an activating group) is 2. The molecule has 1 fully saturated rings. The van der Waals surface area contributed by atoms with Crippen LogP contribution in [0, 0.1) is 0 Å². The van der Waals surface area contributed by atoms with Crippen molar-refractivity contribution in [3.8, 4) is 11.5 Å². The summed E-state index contributed by atoms with van der Waals surface area (Å²) >= 11 is 0. The Hall–Kier alpha value is -1.26. The van der Waals surface area contributed by atoms with E-state index in [4.69, 9.17) is 9.47 Å². The zero-order valence-electron chi connectivity index (χ0n) is 11.6. The summed E-state index contributed by atoms with van der Waals surface area (Å²) < 4.78 is 10.7. The maximum Gasteiger partial charge on any atom is 0.127 e. The van der Waals surface area contributed by atoms with Crippen LogP contribution in [0.4, 0.5) is 0 Å². The van der Waals surface area contributed by atoms with Crippen molar-refractivity contribution < 1.29 is 9.47 Å². The molecule has 1 aromatic rings. The molecule has 4 heteroatoms. The molecule has 0 N–H and O–H groups in total. The van der Waals surface area contributed by atoms with Crippen LogP contribution in [0.5, 0.6) is 11.5 Å². The zero-order valence-corrected chi connectivity index (χ0v) is 11.6. The van der Waals surface area contributed by atoms with Crippen molar-refractivity contribution in [2.75, 3.05) is 47.9 Å². The molecule has 1 aromatic carbocycles. The highest BCUT2D eigenvalue weighted by atomic mass is 16.5. The smallest absolute Gasteiger partial charge is 0.127 e. The molecule has 0 bridgehead atoms. The van der Waals surface area contributed by atoms with E-state index in [1.54, 1.807) is 14.2 Å². The molecule has 4 nitrogen and oxygen atoms in total. The number of hydrogen-bond acceptors (Lipinski definition) is 4. The first kappa shape index (κ1) is 13.2. The third-order valence-corrected chi connectivity index (χ3v) is 3.65. The number of methoxy groups -OCH3 is 2. The molecular weight excluding hydrogens is 228 g/mol. The van der Waals surface area contributed by atoms with Crippen LogP contribution >= 0.6 is 0 Å². The summed E-state index contributed by atoms with van der Waals surface area (Å²) in [6.07, 6.45) is 0. The molecule has 2 rings (SSSR count). The first-order valence-electron chi connectivity index (χ1n) is 6.26. The highest BCUT2D eigenvalue weighted by molar-refractivity contribution is 5.42. The molecule has 0 spiro atoms. The molecule has 0 aromatic heterocycles. The molecule has 18 heavy (non-hydrogen) atoms. The monoisotopic (exact) mass is 250 g/mol. The van der Waals surface area contributed by atoms with Crippen molar-refractivity contribution in [2.24, 2.45) is 0 Å². The third-order valence-electron chi connectivity index (χ3n) is 3.65. The fraction of sp³-hybridized carbons (Fsp3) is 0.571. The minimum absolute atomic E-state index is 0.379. The lowest BCUT2D eigenvalue weighted by Crippen LogP contribution is -2.44. The molecule has 1 aliphatic rings. The third kappa shape index (κ3) is 2.60. The Morgan fingerprint density at radius 2 is 1.89 bits per heavy atom. The molecule has 1 heterocycles. The van der Waals surface area contributed by atoms with Gasteiger partial charge in [-0.15, -0.1) is 0 Å². The number of benzene rings is 1. The van der Waals surface area contributed by atoms with Gasteiger partial charge < -0.3 is 14.4 Å². The maximum absolute atomic E-state index is 5.50. The molecule has 0 saturated carbocycles. The second-order valence-electron chi connectivity index (χ2n) is 4.87. The molecule has 1 unspecified atom stereocenters. The first-order valence-corrected chi connectivity index (χ1v) is 6.26. The van der Waals surface area contributed by atoms with Gasteiger partial charge in [0.15, 0.2) is 0 Å². The number of nitrogens with zero attached hydrogens (tertiary/aromatic N) is 2. The fourth-order valence-electron chi connectivity index (χ4n) is 2.44. The summed E-state index contributed by atoms with van der Waals surface area (Å²) in [5, 5.41) is 0. The van der Waals surface area contributed by atoms with Gasteiger partial charge in [0.25, 0.3) is 0 Å². The van der Waals surface area contributed by atoms with E-state index in [1.165, 1.54) is 5.56 Å². The fourth-order valence-corrected chi connectivity index (χ4v) is 2.44. The molecular formula is C14H22N2O2. The quantitative estimate of drug-likeness (QED) is 0.814. The van der Waals surface area contributed by atoms with Gasteiger partial charge in [0.05, 0.1) is 20.3 Å². The van der Waals surface area contributed by atoms with Crippen molar-refractivity contribution in [2.45, 2.75) is 6.04 Å². The van der Waals surface area contributed by atoms with Gasteiger partial charge in [0, 0.05) is 31.3 Å². The van der Waals surface area contributed by atoms with Crippen molar-refractivity contribution in [1.82, 2.24) is 9.80 Å². The van der Waals surface area contributed by atoms with E-state index in [1.807, 2.05) is 12.1 Å². The summed E-state index contributed by atoms with van der Waals surface area (Å²) in [7, 11) is 7.72. The Kier molecular flexibility index (Phi) is 4.09. The van der Waals surface area contributed by atoms with E-state index >= 15 is 0 Å². The van der Waals surface area contributed by atoms with Gasteiger partial charge in [0.2, 0.25) is 0 Å². The molecule has 1 saturated heterocycles. The Labute approximate surface area is 109 Å². The average Bonchev–Trinajstić information content (AvgIpc) is 2.41. The van der Waals surface area contributed by atoms with E-state index in [0.717, 1.165) is 31.1 Å². The summed E-state index contributed by atoms with van der Waals surface area (Å²) in [5.74, 6) is 1.74. The van der Waals surface area contributed by atoms with Crippen LogP contribution in [0.1, 0.15) is 11.6 Å². The molecule has 0 aliphatic carbocycles. The van der Waals surface area contributed by atoms with E-state index in [2.05, 4.69) is 30.0 Å². The number of hydrogen-bond donors (Lipinski definition) is 0. The van der Waals surface area contributed by atoms with Crippen molar-refractivity contribution >= 4 is 0 Å². The van der Waals surface area contributed by atoms with E-state index in [9.17, 15) is 0 Å². The standard InChI is InChI=1S/C14H22N2O2/c1-15-7-8-16(2)13(10-15)12-6-5-11(17-3)9-14(12)18-4/h5-6,9,13H,7-8,10H2,1-4H3. The van der Waals surface area contributed by atoms with E-state index < -0.39 is 0 Å². The highest BCUT2D eigenvalue weighted by Gasteiger charge is 2.26.